The van der Waals surface area contributed by atoms with E-state index in [1.165, 1.54) is 0 Å². The Morgan fingerprint density at radius 2 is 1.75 bits per heavy atom. The molecular weight excluding hydrogens is 270 g/mol. The molecule has 2 nitrogen and oxygen atoms in total. The molecule has 0 bridgehead atoms. The van der Waals surface area contributed by atoms with E-state index < -0.39 is 5.97 Å². The predicted molar refractivity (Wildman–Crippen MR) is 66.8 cm³/mol. The van der Waals surface area contributed by atoms with Crippen LogP contribution in [0.5, 0.6) is 0 Å². The van der Waals surface area contributed by atoms with Crippen molar-refractivity contribution in [1.82, 2.24) is 0 Å². The molecule has 1 N–H and O–H groups in total. The van der Waals surface area contributed by atoms with E-state index in [2.05, 4.69) is 0 Å². The fourth-order valence-corrected chi connectivity index (χ4v) is 2.56. The molecule has 0 unspecified atom stereocenters. The minimum absolute atomic E-state index is 0.132. The third-order valence-corrected chi connectivity index (χ3v) is 3.41. The topological polar surface area (TPSA) is 37.3 Å². The lowest BCUT2D eigenvalue weighted by molar-refractivity contribution is 0.0695. The molecule has 0 aliphatic heterocycles. The van der Waals surface area contributed by atoms with E-state index in [0.29, 0.717) is 5.56 Å². The van der Waals surface area contributed by atoms with Crippen molar-refractivity contribution >= 4 is 40.8 Å². The van der Waals surface area contributed by atoms with Gasteiger partial charge in [-0.2, -0.15) is 0 Å². The Kier molecular flexibility index (Phi) is 4.90. The quantitative estimate of drug-likeness (QED) is 0.850. The lowest BCUT2D eigenvalue weighted by Crippen LogP contribution is -2.08. The van der Waals surface area contributed by atoms with Gasteiger partial charge >= 0.3 is 5.97 Å². The van der Waals surface area contributed by atoms with Gasteiger partial charge in [-0.1, -0.05) is 0 Å². The summed E-state index contributed by atoms with van der Waals surface area (Å²) in [7, 11) is 0. The van der Waals surface area contributed by atoms with Gasteiger partial charge in [0.25, 0.3) is 0 Å². The Labute approximate surface area is 109 Å². The highest BCUT2D eigenvalue weighted by molar-refractivity contribution is 6.20. The monoisotopic (exact) mass is 280 g/mol. The highest BCUT2D eigenvalue weighted by atomic mass is 35.5. The highest BCUT2D eigenvalue weighted by Crippen LogP contribution is 2.27. The first kappa shape index (κ1) is 13.6. The normalized spacial score (nSPS) is 10.5. The van der Waals surface area contributed by atoms with Crippen LogP contribution < -0.4 is 0 Å². The van der Waals surface area contributed by atoms with E-state index in [1.807, 2.05) is 6.92 Å². The van der Waals surface area contributed by atoms with Crippen LogP contribution in [-0.4, -0.2) is 11.1 Å². The average molecular weight is 282 g/mol. The second-order valence-electron chi connectivity index (χ2n) is 3.37. The maximum atomic E-state index is 11.1. The van der Waals surface area contributed by atoms with Gasteiger partial charge in [-0.3, -0.25) is 0 Å². The largest absolute Gasteiger partial charge is 0.478 e. The smallest absolute Gasteiger partial charge is 0.336 e. The summed E-state index contributed by atoms with van der Waals surface area (Å²) in [5, 5.41) is 9.08. The molecule has 0 aliphatic rings. The predicted octanol–water partition coefficient (Wildman–Crippen LogP) is 3.91. The van der Waals surface area contributed by atoms with Gasteiger partial charge in [0.2, 0.25) is 0 Å². The van der Waals surface area contributed by atoms with Gasteiger partial charge in [0.1, 0.15) is 0 Å². The average Bonchev–Trinajstić information content (AvgIpc) is 2.27. The Morgan fingerprint density at radius 3 is 2.12 bits per heavy atom. The summed E-state index contributed by atoms with van der Waals surface area (Å²) in [5.41, 5.74) is 3.24. The zero-order valence-electron chi connectivity index (χ0n) is 8.69. The van der Waals surface area contributed by atoms with Crippen molar-refractivity contribution < 1.29 is 9.90 Å². The van der Waals surface area contributed by atoms with Crippen LogP contribution in [-0.2, 0) is 17.6 Å². The van der Waals surface area contributed by atoms with Crippen LogP contribution in [0, 0.1) is 6.92 Å². The Morgan fingerprint density at radius 1 is 1.19 bits per heavy atom. The summed E-state index contributed by atoms with van der Waals surface area (Å²) in [5.74, 6) is -0.377. The number of carbonyl (C=O) groups is 1. The molecule has 0 aromatic heterocycles. The summed E-state index contributed by atoms with van der Waals surface area (Å²) in [4.78, 5) is 11.1. The Hall–Kier alpha value is -0.440. The van der Waals surface area contributed by atoms with E-state index in [-0.39, 0.29) is 23.2 Å². The number of carboxylic acid groups (broad SMARTS) is 1. The molecule has 0 atom stereocenters. The second kappa shape index (κ2) is 5.76. The number of aromatic carboxylic acids is 1. The fraction of sp³-hybridized carbons (Fsp3) is 0.364. The lowest BCUT2D eigenvalue weighted by atomic mass is 9.94. The molecular formula is C11H11Cl3O2. The Bertz CT molecular complexity index is 416. The van der Waals surface area contributed by atoms with Crippen molar-refractivity contribution in [3.63, 3.8) is 0 Å². The highest BCUT2D eigenvalue weighted by Gasteiger charge is 2.17. The summed E-state index contributed by atoms with van der Waals surface area (Å²) in [6.45, 7) is 1.87. The van der Waals surface area contributed by atoms with Crippen LogP contribution in [0.25, 0.3) is 0 Å². The van der Waals surface area contributed by atoms with Crippen molar-refractivity contribution in [3.05, 3.63) is 33.9 Å². The van der Waals surface area contributed by atoms with Gasteiger partial charge in [0, 0.05) is 17.6 Å². The first-order valence-corrected chi connectivity index (χ1v) is 6.22. The zero-order chi connectivity index (χ0) is 12.3. The zero-order valence-corrected chi connectivity index (χ0v) is 11.0. The molecule has 0 fully saturated rings. The number of carboxylic acids is 1. The molecule has 1 rings (SSSR count). The van der Waals surface area contributed by atoms with Gasteiger partial charge < -0.3 is 5.11 Å². The number of hydrogen-bond donors (Lipinski definition) is 1. The van der Waals surface area contributed by atoms with E-state index >= 15 is 0 Å². The fourth-order valence-electron chi connectivity index (χ4n) is 1.62. The standard InChI is InChI=1S/C11H11Cl3O2/c1-6-7(3-12)2-8(11(15)16)10(5-14)9(6)4-13/h2H,3-5H2,1H3,(H,15,16). The molecule has 5 heteroatoms. The summed E-state index contributed by atoms with van der Waals surface area (Å²) < 4.78 is 0. The second-order valence-corrected chi connectivity index (χ2v) is 4.17. The van der Waals surface area contributed by atoms with Crippen molar-refractivity contribution in [2.75, 3.05) is 0 Å². The van der Waals surface area contributed by atoms with Crippen molar-refractivity contribution in [3.8, 4) is 0 Å². The summed E-state index contributed by atoms with van der Waals surface area (Å²) in [6, 6.07) is 1.57. The minimum atomic E-state index is -1.01. The van der Waals surface area contributed by atoms with Crippen LogP contribution in [0.2, 0.25) is 0 Å². The van der Waals surface area contributed by atoms with Crippen LogP contribution in [0.4, 0.5) is 0 Å². The van der Waals surface area contributed by atoms with Crippen LogP contribution in [0.1, 0.15) is 32.6 Å². The van der Waals surface area contributed by atoms with Crippen LogP contribution in [0.15, 0.2) is 6.07 Å². The first-order valence-electron chi connectivity index (χ1n) is 4.62. The Balaban J connectivity index is 3.56. The lowest BCUT2D eigenvalue weighted by Gasteiger charge is -2.15. The molecule has 0 spiro atoms. The molecule has 0 radical (unpaired) electrons. The number of benzene rings is 1. The maximum Gasteiger partial charge on any atom is 0.336 e. The SMILES string of the molecule is Cc1c(CCl)cc(C(=O)O)c(CCl)c1CCl. The molecule has 16 heavy (non-hydrogen) atoms. The van der Waals surface area contributed by atoms with Gasteiger partial charge in [0.15, 0.2) is 0 Å². The third kappa shape index (κ3) is 2.45. The number of halogens is 3. The minimum Gasteiger partial charge on any atom is -0.478 e. The van der Waals surface area contributed by atoms with E-state index in [0.717, 1.165) is 16.7 Å². The molecule has 0 amide bonds. The number of hydrogen-bond acceptors (Lipinski definition) is 1. The maximum absolute atomic E-state index is 11.1. The van der Waals surface area contributed by atoms with Crippen molar-refractivity contribution in [2.24, 2.45) is 0 Å². The van der Waals surface area contributed by atoms with E-state index in [1.54, 1.807) is 6.07 Å². The van der Waals surface area contributed by atoms with Crippen molar-refractivity contribution in [1.29, 1.82) is 0 Å². The van der Waals surface area contributed by atoms with E-state index in [9.17, 15) is 4.79 Å². The first-order chi connectivity index (χ1) is 7.56. The number of alkyl halides is 3. The van der Waals surface area contributed by atoms with Crippen LogP contribution >= 0.6 is 34.8 Å². The number of rotatable bonds is 4. The molecule has 0 heterocycles. The molecule has 1 aromatic carbocycles. The van der Waals surface area contributed by atoms with Crippen LogP contribution in [0.3, 0.4) is 0 Å². The van der Waals surface area contributed by atoms with Gasteiger partial charge in [-0.25, -0.2) is 4.79 Å². The third-order valence-electron chi connectivity index (χ3n) is 2.58. The van der Waals surface area contributed by atoms with Crippen molar-refractivity contribution in [2.45, 2.75) is 24.6 Å². The van der Waals surface area contributed by atoms with Gasteiger partial charge in [0.05, 0.1) is 5.56 Å². The van der Waals surface area contributed by atoms with E-state index in [4.69, 9.17) is 39.9 Å². The summed E-state index contributed by atoms with van der Waals surface area (Å²) in [6.07, 6.45) is 0. The van der Waals surface area contributed by atoms with Gasteiger partial charge in [-0.05, 0) is 35.2 Å². The summed E-state index contributed by atoms with van der Waals surface area (Å²) >= 11 is 17.4. The molecule has 88 valence electrons. The van der Waals surface area contributed by atoms with Gasteiger partial charge in [-0.15, -0.1) is 34.8 Å². The molecule has 1 aromatic rings. The molecule has 0 saturated heterocycles. The molecule has 0 saturated carbocycles. The molecule has 0 aliphatic carbocycles.